The van der Waals surface area contributed by atoms with Gasteiger partial charge in [0.1, 0.15) is 0 Å². The molecule has 100 valence electrons. The molecule has 0 saturated carbocycles. The zero-order chi connectivity index (χ0) is 14.7. The van der Waals surface area contributed by atoms with Crippen molar-refractivity contribution >= 4 is 34.2 Å². The molecule has 0 bridgehead atoms. The van der Waals surface area contributed by atoms with E-state index in [9.17, 15) is 5.26 Å². The number of benzene rings is 2. The highest BCUT2D eigenvalue weighted by Crippen LogP contribution is 2.23. The van der Waals surface area contributed by atoms with Crippen molar-refractivity contribution in [2.45, 2.75) is 0 Å². The Morgan fingerprint density at radius 2 is 1.81 bits per heavy atom. The average molecular weight is 291 g/mol. The van der Waals surface area contributed by atoms with E-state index in [0.717, 1.165) is 22.0 Å². The summed E-state index contributed by atoms with van der Waals surface area (Å²) in [5.41, 5.74) is 3.34. The minimum absolute atomic E-state index is 0.600. The molecule has 0 spiro atoms. The molecule has 21 heavy (non-hydrogen) atoms. The average Bonchev–Trinajstić information content (AvgIpc) is 2.54. The third-order valence-electron chi connectivity index (χ3n) is 3.26. The highest BCUT2D eigenvalue weighted by molar-refractivity contribution is 6.30. The molecule has 0 amide bonds. The Balaban J connectivity index is 2.13. The second-order valence-electron chi connectivity index (χ2n) is 4.59. The van der Waals surface area contributed by atoms with Crippen LogP contribution in [0.1, 0.15) is 11.1 Å². The molecule has 3 heteroatoms. The number of pyridine rings is 1. The highest BCUT2D eigenvalue weighted by Gasteiger charge is 2.04. The summed E-state index contributed by atoms with van der Waals surface area (Å²) in [7, 11) is 0. The number of para-hydroxylation sites is 1. The smallest absolute Gasteiger partial charge is 0.0998 e. The lowest BCUT2D eigenvalue weighted by Gasteiger charge is -2.03. The molecule has 0 unspecified atom stereocenters. The maximum Gasteiger partial charge on any atom is 0.0998 e. The lowest BCUT2D eigenvalue weighted by molar-refractivity contribution is 1.41. The van der Waals surface area contributed by atoms with Crippen LogP contribution in [0.3, 0.4) is 0 Å². The molecular formula is C18H11ClN2. The molecule has 0 aliphatic carbocycles. The van der Waals surface area contributed by atoms with Crippen molar-refractivity contribution in [3.05, 3.63) is 76.9 Å². The predicted octanol–water partition coefficient (Wildman–Crippen LogP) is 4.95. The van der Waals surface area contributed by atoms with E-state index in [1.54, 1.807) is 18.3 Å². The normalized spacial score (nSPS) is 11.3. The van der Waals surface area contributed by atoms with Gasteiger partial charge >= 0.3 is 0 Å². The number of hydrogen-bond acceptors (Lipinski definition) is 2. The number of hydrogen-bond donors (Lipinski definition) is 0. The summed E-state index contributed by atoms with van der Waals surface area (Å²) < 4.78 is 0. The van der Waals surface area contributed by atoms with E-state index in [0.29, 0.717) is 10.6 Å². The number of halogens is 1. The first-order valence-corrected chi connectivity index (χ1v) is 6.87. The third-order valence-corrected chi connectivity index (χ3v) is 3.51. The molecule has 0 atom stereocenters. The van der Waals surface area contributed by atoms with E-state index in [1.807, 2.05) is 48.5 Å². The minimum Gasteiger partial charge on any atom is -0.256 e. The van der Waals surface area contributed by atoms with E-state index >= 15 is 0 Å². The third kappa shape index (κ3) is 2.79. The van der Waals surface area contributed by atoms with Crippen LogP contribution < -0.4 is 0 Å². The summed E-state index contributed by atoms with van der Waals surface area (Å²) in [4.78, 5) is 4.33. The van der Waals surface area contributed by atoms with Gasteiger partial charge in [-0.1, -0.05) is 41.9 Å². The predicted molar refractivity (Wildman–Crippen MR) is 86.7 cm³/mol. The lowest BCUT2D eigenvalue weighted by atomic mass is 10.0. The minimum atomic E-state index is 0.600. The largest absolute Gasteiger partial charge is 0.256 e. The molecule has 2 aromatic carbocycles. The molecule has 0 aliphatic heterocycles. The van der Waals surface area contributed by atoms with Crippen LogP contribution in [0.2, 0.25) is 5.02 Å². The molecule has 3 rings (SSSR count). The van der Waals surface area contributed by atoms with Crippen molar-refractivity contribution in [1.29, 1.82) is 5.26 Å². The standard InChI is InChI=1S/C18H11ClN2/c19-16-7-5-13(6-8-16)15(12-20)11-14-9-10-21-18-4-2-1-3-17(14)18/h1-11H/b15-11+. The molecule has 1 aromatic heterocycles. The molecule has 0 saturated heterocycles. The summed E-state index contributed by atoms with van der Waals surface area (Å²) in [6.07, 6.45) is 3.64. The quantitative estimate of drug-likeness (QED) is 0.626. The number of aromatic nitrogens is 1. The molecule has 0 fully saturated rings. The Labute approximate surface area is 127 Å². The van der Waals surface area contributed by atoms with E-state index < -0.39 is 0 Å². The summed E-state index contributed by atoms with van der Waals surface area (Å²) >= 11 is 5.89. The molecular weight excluding hydrogens is 280 g/mol. The van der Waals surface area contributed by atoms with Crippen LogP contribution in [0.25, 0.3) is 22.6 Å². The highest BCUT2D eigenvalue weighted by atomic mass is 35.5. The van der Waals surface area contributed by atoms with Crippen LogP contribution in [0.4, 0.5) is 0 Å². The van der Waals surface area contributed by atoms with Gasteiger partial charge in [0.2, 0.25) is 0 Å². The van der Waals surface area contributed by atoms with Gasteiger partial charge in [-0.2, -0.15) is 5.26 Å². The van der Waals surface area contributed by atoms with Gasteiger partial charge in [-0.3, -0.25) is 4.98 Å². The Morgan fingerprint density at radius 1 is 1.05 bits per heavy atom. The first-order valence-electron chi connectivity index (χ1n) is 6.49. The van der Waals surface area contributed by atoms with E-state index in [4.69, 9.17) is 11.6 Å². The molecule has 2 nitrogen and oxygen atoms in total. The van der Waals surface area contributed by atoms with Gasteiger partial charge in [-0.25, -0.2) is 0 Å². The molecule has 0 radical (unpaired) electrons. The van der Waals surface area contributed by atoms with Crippen molar-refractivity contribution in [1.82, 2.24) is 4.98 Å². The van der Waals surface area contributed by atoms with E-state index in [1.165, 1.54) is 0 Å². The van der Waals surface area contributed by atoms with Crippen molar-refractivity contribution in [3.8, 4) is 6.07 Å². The maximum absolute atomic E-state index is 9.42. The summed E-state index contributed by atoms with van der Waals surface area (Å²) in [5, 5.41) is 11.1. The summed E-state index contributed by atoms with van der Waals surface area (Å²) in [6.45, 7) is 0. The van der Waals surface area contributed by atoms with Crippen molar-refractivity contribution in [3.63, 3.8) is 0 Å². The van der Waals surface area contributed by atoms with E-state index in [2.05, 4.69) is 11.1 Å². The first kappa shape index (κ1) is 13.4. The zero-order valence-electron chi connectivity index (χ0n) is 11.1. The Morgan fingerprint density at radius 3 is 2.57 bits per heavy atom. The van der Waals surface area contributed by atoms with Crippen molar-refractivity contribution < 1.29 is 0 Å². The maximum atomic E-state index is 9.42. The van der Waals surface area contributed by atoms with Crippen molar-refractivity contribution in [2.75, 3.05) is 0 Å². The monoisotopic (exact) mass is 290 g/mol. The van der Waals surface area contributed by atoms with Crippen molar-refractivity contribution in [2.24, 2.45) is 0 Å². The van der Waals surface area contributed by atoms with E-state index in [-0.39, 0.29) is 0 Å². The van der Waals surface area contributed by atoms with Gasteiger partial charge in [0.25, 0.3) is 0 Å². The van der Waals surface area contributed by atoms with Crippen LogP contribution in [-0.4, -0.2) is 4.98 Å². The molecule has 0 N–H and O–H groups in total. The lowest BCUT2D eigenvalue weighted by Crippen LogP contribution is -1.85. The van der Waals surface area contributed by atoms with Crippen LogP contribution in [0, 0.1) is 11.3 Å². The number of nitrogens with zero attached hydrogens (tertiary/aromatic N) is 2. The second-order valence-corrected chi connectivity index (χ2v) is 5.03. The van der Waals surface area contributed by atoms with Gasteiger partial charge < -0.3 is 0 Å². The number of nitriles is 1. The first-order chi connectivity index (χ1) is 10.3. The van der Waals surface area contributed by atoms with Gasteiger partial charge in [0, 0.05) is 16.6 Å². The van der Waals surface area contributed by atoms with Gasteiger partial charge in [0.05, 0.1) is 17.2 Å². The van der Waals surface area contributed by atoms with Gasteiger partial charge in [-0.15, -0.1) is 0 Å². The van der Waals surface area contributed by atoms with Crippen LogP contribution in [0.15, 0.2) is 60.8 Å². The topological polar surface area (TPSA) is 36.7 Å². The fourth-order valence-corrected chi connectivity index (χ4v) is 2.33. The van der Waals surface area contributed by atoms with Crippen LogP contribution in [-0.2, 0) is 0 Å². The Hall–Kier alpha value is -2.63. The summed E-state index contributed by atoms with van der Waals surface area (Å²) in [5.74, 6) is 0. The number of allylic oxidation sites excluding steroid dienone is 1. The van der Waals surface area contributed by atoms with Gasteiger partial charge in [0.15, 0.2) is 0 Å². The fraction of sp³-hybridized carbons (Fsp3) is 0. The molecule has 3 aromatic rings. The zero-order valence-corrected chi connectivity index (χ0v) is 11.9. The molecule has 0 aliphatic rings. The van der Waals surface area contributed by atoms with Gasteiger partial charge in [-0.05, 0) is 41.5 Å². The molecule has 1 heterocycles. The summed E-state index contributed by atoms with van der Waals surface area (Å²) in [6, 6.07) is 19.3. The Bertz CT molecular complexity index is 853. The Kier molecular flexibility index (Phi) is 3.68. The SMILES string of the molecule is N#C/C(=C\c1ccnc2ccccc12)c1ccc(Cl)cc1. The fourth-order valence-electron chi connectivity index (χ4n) is 2.21. The number of fused-ring (bicyclic) bond motifs is 1. The van der Waals surface area contributed by atoms with Crippen LogP contribution >= 0.6 is 11.6 Å². The number of rotatable bonds is 2. The second kappa shape index (κ2) is 5.78. The van der Waals surface area contributed by atoms with Crippen LogP contribution in [0.5, 0.6) is 0 Å².